The quantitative estimate of drug-likeness (QED) is 0.492. The number of carbonyl (C=O) groups excluding carboxylic acids is 2. The fourth-order valence-corrected chi connectivity index (χ4v) is 5.56. The first-order valence-electron chi connectivity index (χ1n) is 13.3. The number of phenolic OH excluding ortho intramolecular Hbond substituents is 1. The Bertz CT molecular complexity index is 1760. The van der Waals surface area contributed by atoms with Gasteiger partial charge in [0.15, 0.2) is 0 Å². The molecule has 1 saturated heterocycles. The molecule has 2 aromatic heterocycles. The van der Waals surface area contributed by atoms with Crippen LogP contribution in [0.1, 0.15) is 16.6 Å². The number of pyridine rings is 2. The Morgan fingerprint density at radius 1 is 1.31 bits per heavy atom. The van der Waals surface area contributed by atoms with Crippen molar-refractivity contribution >= 4 is 45.8 Å². The molecule has 9 nitrogen and oxygen atoms in total. The van der Waals surface area contributed by atoms with Crippen LogP contribution in [0.5, 0.6) is 5.75 Å². The van der Waals surface area contributed by atoms with E-state index >= 15 is 0 Å². The van der Waals surface area contributed by atoms with Gasteiger partial charge in [0.1, 0.15) is 35.0 Å². The molecule has 0 radical (unpaired) electrons. The topological polar surface area (TPSA) is 99.0 Å². The molecule has 3 aromatic rings. The number of benzene rings is 1. The Balaban J connectivity index is 1.70. The SMILES string of the molecule is [2H]C([2H])([2H])N1C(=O)[C@H]2CN(C(=O)C=C)CCN2c2c1c(=O)n([C@H]1CC1(F)F)c1nc(-c3c(O)cccc3F)c(Cl)cc21. The number of halogens is 4. The van der Waals surface area contributed by atoms with E-state index in [0.717, 1.165) is 12.1 Å². The summed E-state index contributed by atoms with van der Waals surface area (Å²) in [6.45, 7) is 0.00486. The van der Waals surface area contributed by atoms with Gasteiger partial charge in [-0.1, -0.05) is 24.2 Å². The van der Waals surface area contributed by atoms with E-state index in [-0.39, 0.29) is 47.1 Å². The van der Waals surface area contributed by atoms with Gasteiger partial charge in [0.05, 0.1) is 28.5 Å². The van der Waals surface area contributed by atoms with Crippen LogP contribution in [-0.2, 0) is 9.59 Å². The zero-order chi connectivity index (χ0) is 30.5. The summed E-state index contributed by atoms with van der Waals surface area (Å²) in [6.07, 6.45) is 0.281. The minimum absolute atomic E-state index is 0.0383. The molecule has 6 rings (SSSR count). The zero-order valence-corrected chi connectivity index (χ0v) is 20.8. The number of piperazine rings is 1. The Morgan fingerprint density at radius 3 is 2.69 bits per heavy atom. The third kappa shape index (κ3) is 3.61. The lowest BCUT2D eigenvalue weighted by Crippen LogP contribution is -2.63. The standard InChI is InChI=1S/C26H21ClF3N5O4/c1-3-18(37)33-7-8-34-15(11-33)24(38)32(2)22-21(34)12-9-13(27)20(19-14(28)5-4-6-16(19)36)31-23(12)35(25(22)39)17-10-26(17,29)30/h3-6,9,15,17,36H,1,7-8,10-11H2,2H3/t15-,17+/m1/s1/i2D3. The fraction of sp³-hybridized carbons (Fsp3) is 0.308. The maximum absolute atomic E-state index is 14.8. The number of hydrogen-bond acceptors (Lipinski definition) is 6. The third-order valence-electron chi connectivity index (χ3n) is 7.30. The van der Waals surface area contributed by atoms with Crippen molar-refractivity contribution < 1.29 is 32.0 Å². The lowest BCUT2D eigenvalue weighted by atomic mass is 10.0. The second-order valence-corrected chi connectivity index (χ2v) is 9.96. The van der Waals surface area contributed by atoms with E-state index in [9.17, 15) is 32.7 Å². The van der Waals surface area contributed by atoms with Crippen LogP contribution in [0, 0.1) is 5.82 Å². The molecule has 0 spiro atoms. The van der Waals surface area contributed by atoms with Gasteiger partial charge in [-0.05, 0) is 24.3 Å². The van der Waals surface area contributed by atoms with E-state index < -0.39 is 71.6 Å². The number of hydrogen-bond donors (Lipinski definition) is 1. The molecule has 2 atom stereocenters. The number of alkyl halides is 2. The van der Waals surface area contributed by atoms with Crippen molar-refractivity contribution in [3.8, 4) is 17.0 Å². The molecule has 2 aliphatic heterocycles. The monoisotopic (exact) mass is 562 g/mol. The average molecular weight is 563 g/mol. The maximum atomic E-state index is 14.8. The minimum Gasteiger partial charge on any atom is -0.507 e. The van der Waals surface area contributed by atoms with Crippen molar-refractivity contribution in [3.63, 3.8) is 0 Å². The second-order valence-electron chi connectivity index (χ2n) is 9.55. The van der Waals surface area contributed by atoms with E-state index in [0.29, 0.717) is 9.47 Å². The first-order chi connectivity index (χ1) is 19.7. The Kier molecular flexibility index (Phi) is 4.74. The van der Waals surface area contributed by atoms with Crippen LogP contribution in [-0.4, -0.2) is 69.9 Å². The minimum atomic E-state index is -3.35. The number of amides is 2. The zero-order valence-electron chi connectivity index (χ0n) is 23.0. The summed E-state index contributed by atoms with van der Waals surface area (Å²) in [4.78, 5) is 47.4. The van der Waals surface area contributed by atoms with E-state index in [2.05, 4.69) is 11.6 Å². The highest BCUT2D eigenvalue weighted by Crippen LogP contribution is 2.54. The highest BCUT2D eigenvalue weighted by Gasteiger charge is 2.60. The molecule has 202 valence electrons. The molecule has 3 aliphatic rings. The van der Waals surface area contributed by atoms with Gasteiger partial charge in [-0.2, -0.15) is 0 Å². The summed E-state index contributed by atoms with van der Waals surface area (Å²) in [6, 6.07) is 1.65. The van der Waals surface area contributed by atoms with Crippen LogP contribution >= 0.6 is 11.6 Å². The van der Waals surface area contributed by atoms with Gasteiger partial charge >= 0.3 is 0 Å². The first-order valence-corrected chi connectivity index (χ1v) is 12.2. The number of anilines is 2. The van der Waals surface area contributed by atoms with Crippen molar-refractivity contribution in [1.29, 1.82) is 0 Å². The summed E-state index contributed by atoms with van der Waals surface area (Å²) >= 11 is 6.53. The molecule has 1 N–H and O–H groups in total. The number of aromatic nitrogens is 2. The molecule has 39 heavy (non-hydrogen) atoms. The molecule has 1 aromatic carbocycles. The highest BCUT2D eigenvalue weighted by atomic mass is 35.5. The second kappa shape index (κ2) is 8.47. The summed E-state index contributed by atoms with van der Waals surface area (Å²) in [7, 11) is 0. The Labute approximate surface area is 228 Å². The van der Waals surface area contributed by atoms with Gasteiger partial charge in [0.25, 0.3) is 17.4 Å². The molecule has 1 saturated carbocycles. The predicted molar refractivity (Wildman–Crippen MR) is 138 cm³/mol. The highest BCUT2D eigenvalue weighted by molar-refractivity contribution is 6.34. The summed E-state index contributed by atoms with van der Waals surface area (Å²) in [5.74, 6) is -6.34. The lowest BCUT2D eigenvalue weighted by molar-refractivity contribution is -0.128. The van der Waals surface area contributed by atoms with Crippen LogP contribution in [0.2, 0.25) is 5.02 Å². The molecular formula is C26H21ClF3N5O4. The molecule has 13 heteroatoms. The van der Waals surface area contributed by atoms with Crippen LogP contribution in [0.25, 0.3) is 22.3 Å². The van der Waals surface area contributed by atoms with E-state index in [1.165, 1.54) is 28.0 Å². The molecule has 0 bridgehead atoms. The number of phenols is 1. The van der Waals surface area contributed by atoms with E-state index in [1.54, 1.807) is 0 Å². The van der Waals surface area contributed by atoms with Gasteiger partial charge in [0, 0.05) is 36.0 Å². The van der Waals surface area contributed by atoms with Crippen molar-refractivity contribution in [3.05, 3.63) is 58.1 Å². The van der Waals surface area contributed by atoms with E-state index in [1.807, 2.05) is 0 Å². The summed E-state index contributed by atoms with van der Waals surface area (Å²) in [5, 5.41) is 10.1. The maximum Gasteiger partial charge on any atom is 0.278 e. The van der Waals surface area contributed by atoms with Crippen molar-refractivity contribution in [2.45, 2.75) is 24.4 Å². The van der Waals surface area contributed by atoms with Gasteiger partial charge in [-0.25, -0.2) is 18.2 Å². The van der Waals surface area contributed by atoms with Gasteiger partial charge in [0.2, 0.25) is 5.91 Å². The van der Waals surface area contributed by atoms with Gasteiger partial charge < -0.3 is 19.8 Å². The van der Waals surface area contributed by atoms with Crippen LogP contribution in [0.15, 0.2) is 41.7 Å². The molecule has 4 heterocycles. The van der Waals surface area contributed by atoms with E-state index in [4.69, 9.17) is 15.7 Å². The average Bonchev–Trinajstić information content (AvgIpc) is 3.54. The number of rotatable bonds is 3. The molecule has 0 unspecified atom stereocenters. The Hall–Kier alpha value is -4.06. The van der Waals surface area contributed by atoms with Gasteiger partial charge in [-0.15, -0.1) is 0 Å². The predicted octanol–water partition coefficient (Wildman–Crippen LogP) is 3.32. The molecule has 2 amide bonds. The van der Waals surface area contributed by atoms with Crippen LogP contribution < -0.4 is 15.4 Å². The van der Waals surface area contributed by atoms with Crippen LogP contribution in [0.4, 0.5) is 24.5 Å². The Morgan fingerprint density at radius 2 is 2.05 bits per heavy atom. The number of fused-ring (bicyclic) bond motifs is 5. The van der Waals surface area contributed by atoms with Gasteiger partial charge in [-0.3, -0.25) is 19.0 Å². The number of likely N-dealkylation sites (N-methyl/N-ethyl adjacent to an activating group) is 1. The third-order valence-corrected chi connectivity index (χ3v) is 7.59. The fourth-order valence-electron chi connectivity index (χ4n) is 5.31. The normalized spacial score (nSPS) is 23.0. The smallest absolute Gasteiger partial charge is 0.278 e. The number of carbonyl (C=O) groups is 2. The number of nitrogens with zero attached hydrogens (tertiary/aromatic N) is 5. The molecule has 2 fully saturated rings. The first kappa shape index (κ1) is 21.8. The largest absolute Gasteiger partial charge is 0.507 e. The molecule has 1 aliphatic carbocycles. The summed E-state index contributed by atoms with van der Waals surface area (Å²) < 4.78 is 68.8. The summed E-state index contributed by atoms with van der Waals surface area (Å²) in [5.41, 5.74) is -3.11. The number of aromatic hydroxyl groups is 1. The van der Waals surface area contributed by atoms with Crippen LogP contribution in [0.3, 0.4) is 0 Å². The van der Waals surface area contributed by atoms with Crippen molar-refractivity contribution in [1.82, 2.24) is 14.5 Å². The van der Waals surface area contributed by atoms with Crippen molar-refractivity contribution in [2.24, 2.45) is 0 Å². The van der Waals surface area contributed by atoms with Crippen molar-refractivity contribution in [2.75, 3.05) is 36.4 Å². The lowest BCUT2D eigenvalue weighted by Gasteiger charge is -2.47. The molecular weight excluding hydrogens is 539 g/mol.